The Labute approximate surface area is 386 Å². The monoisotopic (exact) mass is 921 g/mol. The van der Waals surface area contributed by atoms with E-state index in [1.165, 1.54) is 28.4 Å². The number of aliphatic hydroxyl groups is 1. The highest BCUT2D eigenvalue weighted by Crippen LogP contribution is 2.27. The van der Waals surface area contributed by atoms with Crippen molar-refractivity contribution in [3.63, 3.8) is 0 Å². The van der Waals surface area contributed by atoms with Crippen LogP contribution in [-0.2, 0) is 33.5 Å². The number of rotatable bonds is 20. The predicted octanol–water partition coefficient (Wildman–Crippen LogP) is 1.50. The van der Waals surface area contributed by atoms with Crippen LogP contribution in [0.3, 0.4) is 0 Å². The second kappa shape index (κ2) is 24.9. The molecule has 2 fully saturated rings. The maximum Gasteiger partial charge on any atom is 0.410 e. The minimum Gasteiger partial charge on any atom is -0.444 e. The first-order valence-electron chi connectivity index (χ1n) is 22.8. The van der Waals surface area contributed by atoms with E-state index in [2.05, 4.69) is 41.9 Å². The largest absolute Gasteiger partial charge is 0.444 e. The number of carbonyl (C=O) groups is 8. The molecule has 0 spiro atoms. The highest BCUT2D eigenvalue weighted by molar-refractivity contribution is 5.97. The van der Waals surface area contributed by atoms with Crippen molar-refractivity contribution in [2.45, 2.75) is 134 Å². The first-order chi connectivity index (χ1) is 31.3. The molecule has 1 saturated carbocycles. The van der Waals surface area contributed by atoms with Crippen LogP contribution >= 0.6 is 0 Å². The predicted molar refractivity (Wildman–Crippen MR) is 242 cm³/mol. The third-order valence-corrected chi connectivity index (χ3v) is 11.5. The second-order valence-electron chi connectivity index (χ2n) is 18.1. The number of ether oxygens (including phenoxy) is 1. The van der Waals surface area contributed by atoms with E-state index < -0.39 is 102 Å². The van der Waals surface area contributed by atoms with Crippen molar-refractivity contribution in [2.75, 3.05) is 33.7 Å². The number of aliphatic hydroxyl groups excluding tert-OH is 1. The number of nitrogens with zero attached hydrogens (tertiary/aromatic N) is 4. The van der Waals surface area contributed by atoms with Gasteiger partial charge in [0.1, 0.15) is 29.4 Å². The molecule has 2 aliphatic rings. The summed E-state index contributed by atoms with van der Waals surface area (Å²) in [6, 6.07) is 3.35. The van der Waals surface area contributed by atoms with Crippen molar-refractivity contribution < 1.29 is 48.2 Å². The van der Waals surface area contributed by atoms with Crippen LogP contribution in [0.15, 0.2) is 48.9 Å². The molecule has 7 atom stereocenters. The molecule has 1 aliphatic heterocycles. The van der Waals surface area contributed by atoms with Crippen LogP contribution in [0.25, 0.3) is 0 Å². The molecule has 20 heteroatoms. The van der Waals surface area contributed by atoms with Crippen LogP contribution in [0, 0.1) is 11.8 Å². The minimum absolute atomic E-state index is 0.0397. The molecule has 1 saturated heterocycles. The van der Waals surface area contributed by atoms with Crippen molar-refractivity contribution in [2.24, 2.45) is 11.8 Å². The van der Waals surface area contributed by atoms with Gasteiger partial charge in [-0.25, -0.2) is 9.78 Å². The van der Waals surface area contributed by atoms with E-state index in [4.69, 9.17) is 4.74 Å². The standard InChI is InChI=1S/C46H68N10O10/c1-8-16-31(38(58)43(63)49-25-35(57)53-37(44(64)55(6)7)29-20-14-11-15-21-29)50-39(59)30-26-56(45(65)66-46(3,4)5)27-34(30)52-40(60)32(17-9-2)51-42(62)36(28-18-12-10-13-19-28)54-41(61)33-24-47-22-23-48-33/h11,14-15,20-24,28,30-32,34,36-38,58H,8-10,12-13,16-19,25-27H2,1-7H3,(H,49,63)(H,50,59)(H,51,62)(H,52,60)(H,53,57)(H,54,61)/t30-,31+,32+,34+,36+,37+,38?/m1/s1. The summed E-state index contributed by atoms with van der Waals surface area (Å²) < 4.78 is 5.59. The third-order valence-electron chi connectivity index (χ3n) is 11.5. The van der Waals surface area contributed by atoms with Gasteiger partial charge in [-0.1, -0.05) is 76.3 Å². The lowest BCUT2D eigenvalue weighted by Crippen LogP contribution is -2.58. The molecular formula is C46H68N10O10. The summed E-state index contributed by atoms with van der Waals surface area (Å²) in [6.45, 7) is 7.78. The van der Waals surface area contributed by atoms with Gasteiger partial charge in [0, 0.05) is 39.6 Å². The van der Waals surface area contributed by atoms with Gasteiger partial charge in [-0.3, -0.25) is 38.5 Å². The Balaban J connectivity index is 1.48. The lowest BCUT2D eigenvalue weighted by molar-refractivity contribution is -0.136. The molecule has 0 bridgehead atoms. The molecule has 362 valence electrons. The molecule has 20 nitrogen and oxygen atoms in total. The Bertz CT molecular complexity index is 1980. The van der Waals surface area contributed by atoms with Gasteiger partial charge in [-0.2, -0.15) is 0 Å². The van der Waals surface area contributed by atoms with Crippen molar-refractivity contribution in [1.29, 1.82) is 0 Å². The Kier molecular flexibility index (Phi) is 19.8. The molecule has 4 rings (SSSR count). The van der Waals surface area contributed by atoms with E-state index in [1.807, 2.05) is 6.92 Å². The molecule has 1 aliphatic carbocycles. The number of benzene rings is 1. The number of hydrogen-bond donors (Lipinski definition) is 7. The lowest BCUT2D eigenvalue weighted by Gasteiger charge is -2.31. The van der Waals surface area contributed by atoms with E-state index >= 15 is 0 Å². The van der Waals surface area contributed by atoms with E-state index in [-0.39, 0.29) is 37.5 Å². The zero-order valence-corrected chi connectivity index (χ0v) is 39.1. The van der Waals surface area contributed by atoms with Gasteiger partial charge >= 0.3 is 6.09 Å². The molecule has 2 aromatic rings. The number of carbonyl (C=O) groups excluding carboxylic acids is 8. The van der Waals surface area contributed by atoms with Crippen LogP contribution < -0.4 is 31.9 Å². The third kappa shape index (κ3) is 15.5. The van der Waals surface area contributed by atoms with E-state index in [0.29, 0.717) is 31.2 Å². The average Bonchev–Trinajstić information content (AvgIpc) is 3.72. The quantitative estimate of drug-likeness (QED) is 0.0997. The van der Waals surface area contributed by atoms with Gasteiger partial charge in [-0.05, 0) is 57.9 Å². The zero-order valence-electron chi connectivity index (χ0n) is 39.1. The number of aromatic nitrogens is 2. The Hall–Kier alpha value is -6.18. The summed E-state index contributed by atoms with van der Waals surface area (Å²) >= 11 is 0. The van der Waals surface area contributed by atoms with E-state index in [9.17, 15) is 43.5 Å². The summed E-state index contributed by atoms with van der Waals surface area (Å²) in [5.41, 5.74) is -0.310. The smallest absolute Gasteiger partial charge is 0.410 e. The fraction of sp³-hybridized carbons (Fsp3) is 0.609. The zero-order chi connectivity index (χ0) is 48.6. The maximum atomic E-state index is 14.2. The second-order valence-corrected chi connectivity index (χ2v) is 18.1. The molecule has 8 amide bonds. The summed E-state index contributed by atoms with van der Waals surface area (Å²) in [5.74, 6) is -5.75. The fourth-order valence-corrected chi connectivity index (χ4v) is 8.06. The van der Waals surface area contributed by atoms with Gasteiger partial charge in [0.25, 0.3) is 11.8 Å². The van der Waals surface area contributed by atoms with Crippen molar-refractivity contribution in [3.8, 4) is 0 Å². The molecule has 7 N–H and O–H groups in total. The van der Waals surface area contributed by atoms with Crippen LogP contribution in [0.5, 0.6) is 0 Å². The summed E-state index contributed by atoms with van der Waals surface area (Å²) in [5, 5.41) is 27.5. The van der Waals surface area contributed by atoms with Gasteiger partial charge in [0.15, 0.2) is 6.10 Å². The van der Waals surface area contributed by atoms with Crippen molar-refractivity contribution in [3.05, 3.63) is 60.2 Å². The fourth-order valence-electron chi connectivity index (χ4n) is 8.06. The van der Waals surface area contributed by atoms with E-state index in [0.717, 1.165) is 19.3 Å². The van der Waals surface area contributed by atoms with Crippen LogP contribution in [0.4, 0.5) is 4.79 Å². The number of likely N-dealkylation sites (N-methyl/N-ethyl adjacent to an activating group) is 1. The lowest BCUT2D eigenvalue weighted by atomic mass is 9.83. The first kappa shape index (κ1) is 52.4. The number of hydrogen-bond acceptors (Lipinski definition) is 12. The van der Waals surface area contributed by atoms with Crippen LogP contribution in [0.2, 0.25) is 0 Å². The Morgan fingerprint density at radius 2 is 1.53 bits per heavy atom. The SMILES string of the molecule is CCC[C@H](NC(=O)[C@@H](NC(=O)c1cnccn1)C1CCCCC1)C(=O)N[C@H]1CN(C(=O)OC(C)(C)C)C[C@H]1C(=O)N[C@@H](CCC)C(O)C(=O)NCC(=O)N[C@H](C(=O)N(C)C)c1ccccc1. The van der Waals surface area contributed by atoms with Crippen molar-refractivity contribution in [1.82, 2.24) is 51.7 Å². The molecule has 2 heterocycles. The molecule has 1 aromatic heterocycles. The van der Waals surface area contributed by atoms with Gasteiger partial charge in [0.2, 0.25) is 29.5 Å². The van der Waals surface area contributed by atoms with E-state index in [1.54, 1.807) is 72.1 Å². The highest BCUT2D eigenvalue weighted by Gasteiger charge is 2.44. The van der Waals surface area contributed by atoms with Gasteiger partial charge < -0.3 is 51.5 Å². The van der Waals surface area contributed by atoms with Crippen LogP contribution in [-0.4, -0.2) is 142 Å². The normalized spacial score (nSPS) is 18.6. The number of amides is 8. The molecule has 1 unspecified atom stereocenters. The minimum atomic E-state index is -1.82. The Morgan fingerprint density at radius 1 is 0.848 bits per heavy atom. The van der Waals surface area contributed by atoms with Gasteiger partial charge in [-0.15, -0.1) is 0 Å². The molecular weight excluding hydrogens is 853 g/mol. The Morgan fingerprint density at radius 3 is 2.14 bits per heavy atom. The van der Waals surface area contributed by atoms with Crippen molar-refractivity contribution >= 4 is 47.4 Å². The average molecular weight is 921 g/mol. The number of nitrogens with one attached hydrogen (secondary N) is 6. The maximum absolute atomic E-state index is 14.2. The topological polar surface area (TPSA) is 270 Å². The molecule has 1 aromatic carbocycles. The summed E-state index contributed by atoms with van der Waals surface area (Å²) in [4.78, 5) is 119. The summed E-state index contributed by atoms with van der Waals surface area (Å²) in [7, 11) is 3.10. The summed E-state index contributed by atoms with van der Waals surface area (Å²) in [6.07, 6.45) is 6.97. The highest BCUT2D eigenvalue weighted by atomic mass is 16.6. The van der Waals surface area contributed by atoms with Crippen LogP contribution in [0.1, 0.15) is 114 Å². The van der Waals surface area contributed by atoms with Gasteiger partial charge in [0.05, 0.1) is 30.7 Å². The molecule has 0 radical (unpaired) electrons. The first-order valence-corrected chi connectivity index (χ1v) is 22.8. The number of likely N-dealkylation sites (tertiary alicyclic amines) is 1. The molecule has 66 heavy (non-hydrogen) atoms.